The van der Waals surface area contributed by atoms with Gasteiger partial charge in [-0.05, 0) is 29.8 Å². The quantitative estimate of drug-likeness (QED) is 0.430. The van der Waals surface area contributed by atoms with Crippen LogP contribution in [0.3, 0.4) is 0 Å². The molecule has 7 heteroatoms. The summed E-state index contributed by atoms with van der Waals surface area (Å²) in [5.74, 6) is -2.80. The smallest absolute Gasteiger partial charge is 0.295 e. The van der Waals surface area contributed by atoms with Gasteiger partial charge in [0, 0.05) is 27.8 Å². The minimum absolute atomic E-state index is 0.280. The zero-order valence-electron chi connectivity index (χ0n) is 17.3. The molecule has 1 amide bonds. The van der Waals surface area contributed by atoms with Gasteiger partial charge in [0.15, 0.2) is 5.78 Å². The average molecular weight is 437 g/mol. The molecule has 1 aliphatic heterocycles. The lowest BCUT2D eigenvalue weighted by molar-refractivity contribution is -0.141. The number of hydrogen-bond donors (Lipinski definition) is 0. The molecule has 31 heavy (non-hydrogen) atoms. The molecule has 1 aliphatic rings. The molecule has 0 N–H and O–H groups in total. The van der Waals surface area contributed by atoms with Crippen LogP contribution in [0.1, 0.15) is 32.4 Å². The van der Waals surface area contributed by atoms with Crippen molar-refractivity contribution >= 4 is 34.8 Å². The molecule has 2 aromatic carbocycles. The van der Waals surface area contributed by atoms with Gasteiger partial charge in [-0.3, -0.25) is 19.3 Å². The van der Waals surface area contributed by atoms with E-state index in [1.54, 1.807) is 75.4 Å². The average Bonchev–Trinajstić information content (AvgIpc) is 3.35. The largest absolute Gasteiger partial charge is 0.364 e. The normalized spacial score (nSPS) is 19.2. The number of halogens is 1. The first-order chi connectivity index (χ1) is 14.7. The van der Waals surface area contributed by atoms with Gasteiger partial charge in [-0.1, -0.05) is 61.8 Å². The van der Waals surface area contributed by atoms with Gasteiger partial charge in [0.05, 0.1) is 6.04 Å². The van der Waals surface area contributed by atoms with Crippen molar-refractivity contribution in [1.82, 2.24) is 5.16 Å². The number of hydrogen-bond acceptors (Lipinski definition) is 5. The molecular weight excluding hydrogens is 416 g/mol. The topological polar surface area (TPSA) is 80.5 Å². The van der Waals surface area contributed by atoms with E-state index in [0.29, 0.717) is 22.0 Å². The van der Waals surface area contributed by atoms with Crippen LogP contribution in [-0.2, 0) is 14.4 Å². The van der Waals surface area contributed by atoms with Gasteiger partial charge in [-0.15, -0.1) is 0 Å². The van der Waals surface area contributed by atoms with E-state index in [9.17, 15) is 14.4 Å². The Kier molecular flexibility index (Phi) is 5.27. The van der Waals surface area contributed by atoms with Gasteiger partial charge in [-0.2, -0.15) is 0 Å². The van der Waals surface area contributed by atoms with E-state index in [1.165, 1.54) is 11.2 Å². The van der Waals surface area contributed by atoms with Crippen LogP contribution in [0, 0.1) is 11.3 Å². The van der Waals surface area contributed by atoms with Gasteiger partial charge < -0.3 is 4.52 Å². The van der Waals surface area contributed by atoms with Crippen molar-refractivity contribution < 1.29 is 18.9 Å². The molecule has 2 heterocycles. The van der Waals surface area contributed by atoms with E-state index in [1.807, 2.05) is 0 Å². The van der Waals surface area contributed by atoms with Crippen LogP contribution in [0.2, 0.25) is 5.02 Å². The first-order valence-corrected chi connectivity index (χ1v) is 10.2. The lowest BCUT2D eigenvalue weighted by atomic mass is 9.77. The van der Waals surface area contributed by atoms with Crippen molar-refractivity contribution in [2.24, 2.45) is 11.3 Å². The van der Waals surface area contributed by atoms with Crippen molar-refractivity contribution in [3.05, 3.63) is 71.4 Å². The second-order valence-electron chi connectivity index (χ2n) is 8.56. The molecule has 1 saturated heterocycles. The molecule has 2 atom stereocenters. The number of anilines is 1. The first kappa shape index (κ1) is 21.0. The molecule has 158 valence electrons. The summed E-state index contributed by atoms with van der Waals surface area (Å²) in [5.41, 5.74) is 1.82. The number of nitrogens with zero attached hydrogens (tertiary/aromatic N) is 2. The molecule has 6 nitrogen and oxygen atoms in total. The fourth-order valence-corrected chi connectivity index (χ4v) is 4.06. The summed E-state index contributed by atoms with van der Waals surface area (Å²) >= 11 is 6.20. The number of amides is 1. The van der Waals surface area contributed by atoms with Crippen molar-refractivity contribution in [3.8, 4) is 11.3 Å². The summed E-state index contributed by atoms with van der Waals surface area (Å²) in [6.45, 7) is 5.24. The molecular formula is C24H21ClN2O4. The standard InChI is InChI=1S/C24H21ClN2O4/c1-24(2,3)22(29)19-20(15-5-4-6-16(25)13-15)27(23(30)21(19)28)17-9-7-14(8-10-17)18-11-12-31-26-18/h4-13,19-20H,1-3H3. The number of carbonyl (C=O) groups excluding carboxylic acids is 3. The van der Waals surface area contributed by atoms with Crippen LogP contribution >= 0.6 is 11.6 Å². The van der Waals surface area contributed by atoms with E-state index in [2.05, 4.69) is 5.16 Å². The van der Waals surface area contributed by atoms with Gasteiger partial charge in [0.2, 0.25) is 5.78 Å². The van der Waals surface area contributed by atoms with Crippen LogP contribution in [0.25, 0.3) is 11.3 Å². The predicted octanol–water partition coefficient (Wildman–Crippen LogP) is 4.88. The Bertz CT molecular complexity index is 1150. The van der Waals surface area contributed by atoms with Crippen molar-refractivity contribution in [3.63, 3.8) is 0 Å². The third-order valence-corrected chi connectivity index (χ3v) is 5.63. The molecule has 1 fully saturated rings. The number of aromatic nitrogens is 1. The van der Waals surface area contributed by atoms with E-state index >= 15 is 0 Å². The van der Waals surface area contributed by atoms with Crippen molar-refractivity contribution in [1.29, 1.82) is 0 Å². The highest BCUT2D eigenvalue weighted by molar-refractivity contribution is 6.48. The molecule has 1 aromatic heterocycles. The number of Topliss-reactive ketones (excluding diaryl/α,β-unsaturated/α-hetero) is 2. The number of carbonyl (C=O) groups is 3. The second kappa shape index (κ2) is 7.78. The Labute approximate surface area is 184 Å². The zero-order valence-corrected chi connectivity index (χ0v) is 18.1. The number of ketones is 2. The summed E-state index contributed by atoms with van der Waals surface area (Å²) in [6.07, 6.45) is 1.48. The Morgan fingerprint density at radius 2 is 1.77 bits per heavy atom. The lowest BCUT2D eigenvalue weighted by Crippen LogP contribution is -2.35. The maximum Gasteiger partial charge on any atom is 0.295 e. The molecule has 3 aromatic rings. The maximum absolute atomic E-state index is 13.2. The molecule has 0 radical (unpaired) electrons. The number of rotatable bonds is 4. The highest BCUT2D eigenvalue weighted by Gasteiger charge is 2.54. The summed E-state index contributed by atoms with van der Waals surface area (Å²) in [5, 5.41) is 4.37. The number of benzene rings is 2. The minimum Gasteiger partial charge on any atom is -0.364 e. The van der Waals surface area contributed by atoms with Gasteiger partial charge in [0.1, 0.15) is 17.9 Å². The molecule has 0 aliphatic carbocycles. The monoisotopic (exact) mass is 436 g/mol. The highest BCUT2D eigenvalue weighted by Crippen LogP contribution is 2.43. The zero-order chi connectivity index (χ0) is 22.3. The lowest BCUT2D eigenvalue weighted by Gasteiger charge is -2.30. The molecule has 2 unspecified atom stereocenters. The molecule has 0 bridgehead atoms. The van der Waals surface area contributed by atoms with Gasteiger partial charge in [0.25, 0.3) is 5.91 Å². The summed E-state index contributed by atoms with van der Waals surface area (Å²) in [6, 6.07) is 14.9. The van der Waals surface area contributed by atoms with E-state index in [4.69, 9.17) is 16.1 Å². The summed E-state index contributed by atoms with van der Waals surface area (Å²) in [7, 11) is 0. The minimum atomic E-state index is -1.11. The SMILES string of the molecule is CC(C)(C)C(=O)C1C(=O)C(=O)N(c2ccc(-c3ccon3)cc2)C1c1cccc(Cl)c1. The Balaban J connectivity index is 1.82. The van der Waals surface area contributed by atoms with E-state index < -0.39 is 29.1 Å². The maximum atomic E-state index is 13.2. The molecule has 0 saturated carbocycles. The fourth-order valence-electron chi connectivity index (χ4n) is 3.86. The van der Waals surface area contributed by atoms with Gasteiger partial charge in [-0.25, -0.2) is 0 Å². The van der Waals surface area contributed by atoms with E-state index in [0.717, 1.165) is 5.56 Å². The fraction of sp³-hybridized carbons (Fsp3) is 0.250. The second-order valence-corrected chi connectivity index (χ2v) is 9.00. The van der Waals surface area contributed by atoms with E-state index in [-0.39, 0.29) is 5.78 Å². The van der Waals surface area contributed by atoms with Crippen molar-refractivity contribution in [2.45, 2.75) is 26.8 Å². The van der Waals surface area contributed by atoms with Gasteiger partial charge >= 0.3 is 0 Å². The van der Waals surface area contributed by atoms with Crippen molar-refractivity contribution in [2.75, 3.05) is 4.90 Å². The third-order valence-electron chi connectivity index (χ3n) is 5.40. The molecule has 4 rings (SSSR count). The Morgan fingerprint density at radius 3 is 2.35 bits per heavy atom. The summed E-state index contributed by atoms with van der Waals surface area (Å²) in [4.78, 5) is 40.7. The third kappa shape index (κ3) is 3.79. The van der Waals surface area contributed by atoms with Crippen LogP contribution in [0.15, 0.2) is 65.4 Å². The van der Waals surface area contributed by atoms with Crippen LogP contribution < -0.4 is 4.90 Å². The molecule has 0 spiro atoms. The van der Waals surface area contributed by atoms with Crippen LogP contribution in [0.4, 0.5) is 5.69 Å². The van der Waals surface area contributed by atoms with Crippen LogP contribution in [-0.4, -0.2) is 22.6 Å². The first-order valence-electron chi connectivity index (χ1n) is 9.86. The highest BCUT2D eigenvalue weighted by atomic mass is 35.5. The predicted molar refractivity (Wildman–Crippen MR) is 117 cm³/mol. The van der Waals surface area contributed by atoms with Crippen LogP contribution in [0.5, 0.6) is 0 Å². The Morgan fingerprint density at radius 1 is 1.06 bits per heavy atom. The summed E-state index contributed by atoms with van der Waals surface area (Å²) < 4.78 is 4.88. The Hall–Kier alpha value is -3.25.